The molecule has 2 aliphatic rings. The first-order valence-electron chi connectivity index (χ1n) is 8.37. The first kappa shape index (κ1) is 15.2. The van der Waals surface area contributed by atoms with Crippen molar-refractivity contribution < 1.29 is 4.74 Å². The Hall–Kier alpha value is -0.730. The van der Waals surface area contributed by atoms with Gasteiger partial charge in [0.1, 0.15) is 11.4 Å². The van der Waals surface area contributed by atoms with Crippen LogP contribution in [0.3, 0.4) is 0 Å². The van der Waals surface area contributed by atoms with Crippen LogP contribution in [-0.4, -0.2) is 12.1 Å². The summed E-state index contributed by atoms with van der Waals surface area (Å²) in [6.07, 6.45) is 7.37. The van der Waals surface area contributed by atoms with E-state index in [1.807, 2.05) is 6.07 Å². The molecule has 1 aromatic carbocycles. The molecule has 2 nitrogen and oxygen atoms in total. The van der Waals surface area contributed by atoms with E-state index in [-0.39, 0.29) is 5.60 Å². The Labute approximate surface area is 133 Å². The van der Waals surface area contributed by atoms with Crippen molar-refractivity contribution in [1.82, 2.24) is 5.32 Å². The van der Waals surface area contributed by atoms with Gasteiger partial charge in [0.05, 0.1) is 0 Å². The van der Waals surface area contributed by atoms with Crippen LogP contribution < -0.4 is 10.1 Å². The number of ether oxygens (including phenoxy) is 1. The predicted molar refractivity (Wildman–Crippen MR) is 88.1 cm³/mol. The van der Waals surface area contributed by atoms with Gasteiger partial charge in [0, 0.05) is 23.0 Å². The van der Waals surface area contributed by atoms with Crippen LogP contribution in [0.5, 0.6) is 5.75 Å². The summed E-state index contributed by atoms with van der Waals surface area (Å²) >= 11 is 6.17. The number of rotatable bonds is 3. The second kappa shape index (κ2) is 6.18. The van der Waals surface area contributed by atoms with Crippen LogP contribution >= 0.6 is 11.6 Å². The quantitative estimate of drug-likeness (QED) is 0.837. The molecule has 3 rings (SSSR count). The molecule has 1 aliphatic carbocycles. The van der Waals surface area contributed by atoms with Gasteiger partial charge in [0.2, 0.25) is 0 Å². The molecule has 0 bridgehead atoms. The van der Waals surface area contributed by atoms with Gasteiger partial charge in [-0.05, 0) is 56.3 Å². The number of halogens is 1. The Kier molecular flexibility index (Phi) is 4.46. The molecule has 1 saturated carbocycles. The van der Waals surface area contributed by atoms with Gasteiger partial charge in [-0.3, -0.25) is 0 Å². The highest BCUT2D eigenvalue weighted by Gasteiger charge is 2.43. The van der Waals surface area contributed by atoms with E-state index in [0.29, 0.717) is 6.04 Å². The molecule has 1 aromatic rings. The summed E-state index contributed by atoms with van der Waals surface area (Å²) in [5.41, 5.74) is 1.27. The van der Waals surface area contributed by atoms with Crippen molar-refractivity contribution in [3.8, 4) is 5.75 Å². The minimum atomic E-state index is 0.0410. The molecule has 0 aromatic heterocycles. The van der Waals surface area contributed by atoms with E-state index in [4.69, 9.17) is 16.3 Å². The van der Waals surface area contributed by atoms with E-state index in [0.717, 1.165) is 29.7 Å². The summed E-state index contributed by atoms with van der Waals surface area (Å²) in [6, 6.07) is 6.43. The summed E-state index contributed by atoms with van der Waals surface area (Å²) in [5.74, 6) is 1.93. The second-order valence-electron chi connectivity index (χ2n) is 6.63. The van der Waals surface area contributed by atoms with Crippen molar-refractivity contribution in [2.24, 2.45) is 5.92 Å². The number of hydrogen-bond acceptors (Lipinski definition) is 2. The van der Waals surface area contributed by atoms with Gasteiger partial charge in [0.15, 0.2) is 0 Å². The smallest absolute Gasteiger partial charge is 0.125 e. The van der Waals surface area contributed by atoms with Gasteiger partial charge in [-0.1, -0.05) is 31.9 Å². The van der Waals surface area contributed by atoms with Gasteiger partial charge in [-0.25, -0.2) is 0 Å². The van der Waals surface area contributed by atoms with Crippen molar-refractivity contribution >= 4 is 11.6 Å². The molecule has 0 radical (unpaired) electrons. The molecule has 1 heterocycles. The lowest BCUT2D eigenvalue weighted by Gasteiger charge is -2.46. The molecule has 0 saturated heterocycles. The Bertz CT molecular complexity index is 494. The number of benzene rings is 1. The molecule has 1 atom stereocenters. The Morgan fingerprint density at radius 1 is 1.29 bits per heavy atom. The lowest BCUT2D eigenvalue weighted by Crippen LogP contribution is -2.46. The average Bonchev–Trinajstić information content (AvgIpc) is 2.49. The van der Waals surface area contributed by atoms with Crippen molar-refractivity contribution in [2.45, 2.75) is 64.0 Å². The summed E-state index contributed by atoms with van der Waals surface area (Å²) in [6.45, 7) is 5.45. The van der Waals surface area contributed by atoms with Gasteiger partial charge in [0.25, 0.3) is 0 Å². The Morgan fingerprint density at radius 2 is 2.05 bits per heavy atom. The maximum absolute atomic E-state index is 6.49. The maximum Gasteiger partial charge on any atom is 0.125 e. The zero-order valence-electron chi connectivity index (χ0n) is 13.1. The average molecular weight is 308 g/mol. The van der Waals surface area contributed by atoms with Crippen LogP contribution in [0.15, 0.2) is 18.2 Å². The van der Waals surface area contributed by atoms with E-state index in [1.165, 1.54) is 37.7 Å². The minimum Gasteiger partial charge on any atom is -0.487 e. The normalized spacial score (nSPS) is 31.8. The van der Waals surface area contributed by atoms with E-state index >= 15 is 0 Å². The highest BCUT2D eigenvalue weighted by molar-refractivity contribution is 6.30. The molecule has 116 valence electrons. The molecule has 1 aliphatic heterocycles. The van der Waals surface area contributed by atoms with Crippen molar-refractivity contribution in [1.29, 1.82) is 0 Å². The lowest BCUT2D eigenvalue weighted by atomic mass is 9.73. The van der Waals surface area contributed by atoms with Gasteiger partial charge < -0.3 is 10.1 Å². The monoisotopic (exact) mass is 307 g/mol. The highest BCUT2D eigenvalue weighted by Crippen LogP contribution is 2.48. The molecule has 1 fully saturated rings. The first-order chi connectivity index (χ1) is 10.2. The number of hydrogen-bond donors (Lipinski definition) is 1. The summed E-state index contributed by atoms with van der Waals surface area (Å²) in [5, 5.41) is 4.42. The second-order valence-corrected chi connectivity index (χ2v) is 7.07. The van der Waals surface area contributed by atoms with Crippen molar-refractivity contribution in [3.05, 3.63) is 28.8 Å². The third-order valence-corrected chi connectivity index (χ3v) is 5.53. The fraction of sp³-hybridized carbons (Fsp3) is 0.667. The zero-order valence-corrected chi connectivity index (χ0v) is 13.9. The van der Waals surface area contributed by atoms with Crippen LogP contribution in [-0.2, 0) is 0 Å². The highest BCUT2D eigenvalue weighted by atomic mass is 35.5. The molecular weight excluding hydrogens is 282 g/mol. The SMILES string of the molecule is CCNC1CC2(CCC(CC)CC2)Oc2ccc(Cl)cc21. The van der Waals surface area contributed by atoms with Crippen LogP contribution in [0.2, 0.25) is 5.02 Å². The van der Waals surface area contributed by atoms with E-state index in [9.17, 15) is 0 Å². The molecule has 3 heteroatoms. The van der Waals surface area contributed by atoms with E-state index < -0.39 is 0 Å². The Morgan fingerprint density at radius 3 is 2.71 bits per heavy atom. The molecular formula is C18H26ClNO. The first-order valence-corrected chi connectivity index (χ1v) is 8.75. The third kappa shape index (κ3) is 3.07. The standard InChI is InChI=1S/C18H26ClNO/c1-3-13-7-9-18(10-8-13)12-16(20-4-2)15-11-14(19)5-6-17(15)21-18/h5-6,11,13,16,20H,3-4,7-10,12H2,1-2H3. The third-order valence-electron chi connectivity index (χ3n) is 5.29. The lowest BCUT2D eigenvalue weighted by molar-refractivity contribution is -0.0149. The largest absolute Gasteiger partial charge is 0.487 e. The minimum absolute atomic E-state index is 0.0410. The van der Waals surface area contributed by atoms with E-state index in [1.54, 1.807) is 0 Å². The summed E-state index contributed by atoms with van der Waals surface area (Å²) in [7, 11) is 0. The maximum atomic E-state index is 6.49. The summed E-state index contributed by atoms with van der Waals surface area (Å²) in [4.78, 5) is 0. The molecule has 21 heavy (non-hydrogen) atoms. The summed E-state index contributed by atoms with van der Waals surface area (Å²) < 4.78 is 6.49. The van der Waals surface area contributed by atoms with Crippen LogP contribution in [0.1, 0.15) is 64.0 Å². The van der Waals surface area contributed by atoms with Gasteiger partial charge >= 0.3 is 0 Å². The Balaban J connectivity index is 1.85. The number of nitrogens with one attached hydrogen (secondary N) is 1. The molecule has 0 amide bonds. The van der Waals surface area contributed by atoms with Crippen molar-refractivity contribution in [3.63, 3.8) is 0 Å². The molecule has 1 spiro atoms. The number of fused-ring (bicyclic) bond motifs is 1. The van der Waals surface area contributed by atoms with Gasteiger partial charge in [-0.15, -0.1) is 0 Å². The predicted octanol–water partition coefficient (Wildman–Crippen LogP) is 5.11. The topological polar surface area (TPSA) is 21.3 Å². The van der Waals surface area contributed by atoms with Gasteiger partial charge in [-0.2, -0.15) is 0 Å². The van der Waals surface area contributed by atoms with Crippen LogP contribution in [0, 0.1) is 5.92 Å². The fourth-order valence-electron chi connectivity index (χ4n) is 3.99. The fourth-order valence-corrected chi connectivity index (χ4v) is 4.17. The molecule has 1 unspecified atom stereocenters. The van der Waals surface area contributed by atoms with Crippen LogP contribution in [0.4, 0.5) is 0 Å². The van der Waals surface area contributed by atoms with Crippen LogP contribution in [0.25, 0.3) is 0 Å². The zero-order chi connectivity index (χ0) is 14.9. The molecule has 1 N–H and O–H groups in total. The van der Waals surface area contributed by atoms with E-state index in [2.05, 4.69) is 31.3 Å². The van der Waals surface area contributed by atoms with Crippen molar-refractivity contribution in [2.75, 3.05) is 6.54 Å².